The summed E-state index contributed by atoms with van der Waals surface area (Å²) in [6.45, 7) is 6.79. The zero-order chi connectivity index (χ0) is 25.5. The number of piperidine rings is 1. The normalized spacial score (nSPS) is 24.6. The van der Waals surface area contributed by atoms with Gasteiger partial charge < -0.3 is 20.1 Å². The quantitative estimate of drug-likeness (QED) is 0.608. The van der Waals surface area contributed by atoms with Crippen LogP contribution in [-0.2, 0) is 14.3 Å². The highest BCUT2D eigenvalue weighted by molar-refractivity contribution is 7.20. The smallest absolute Gasteiger partial charge is 0.340 e. The molecule has 1 atom stereocenters. The van der Waals surface area contributed by atoms with Gasteiger partial charge in [-0.1, -0.05) is 30.3 Å². The summed E-state index contributed by atoms with van der Waals surface area (Å²) in [5.74, 6) is -0.388. The molecular weight excluding hydrogens is 480 g/mol. The van der Waals surface area contributed by atoms with E-state index < -0.39 is 17.2 Å². The molecule has 0 aliphatic carbocycles. The van der Waals surface area contributed by atoms with E-state index in [0.717, 1.165) is 29.8 Å². The van der Waals surface area contributed by atoms with Gasteiger partial charge in [-0.25, -0.2) is 9.59 Å². The van der Waals surface area contributed by atoms with Gasteiger partial charge in [0.15, 0.2) is 5.60 Å². The molecule has 3 aliphatic heterocycles. The minimum absolute atomic E-state index is 0.116. The van der Waals surface area contributed by atoms with E-state index in [1.54, 1.807) is 0 Å². The molecule has 3 fully saturated rings. The van der Waals surface area contributed by atoms with E-state index in [-0.39, 0.29) is 17.9 Å². The second kappa shape index (κ2) is 9.49. The number of thiophene rings is 1. The highest BCUT2D eigenvalue weighted by Crippen LogP contribution is 2.40. The van der Waals surface area contributed by atoms with E-state index >= 15 is 0 Å². The third-order valence-electron chi connectivity index (χ3n) is 7.19. The summed E-state index contributed by atoms with van der Waals surface area (Å²) in [5.41, 5.74) is 5.39. The van der Waals surface area contributed by atoms with Crippen LogP contribution >= 0.6 is 11.3 Å². The predicted molar refractivity (Wildman–Crippen MR) is 137 cm³/mol. The summed E-state index contributed by atoms with van der Waals surface area (Å²) in [7, 11) is 0. The molecule has 1 spiro atoms. The number of carbonyl (C=O) groups is 3. The van der Waals surface area contributed by atoms with Crippen LogP contribution in [0.5, 0.6) is 0 Å². The first kappa shape index (κ1) is 24.7. The standard InChI is InChI=1S/C26H32N4O5S/c1-25(2)15-26(23(32)35-25)16-30(12-13-34-26)18-8-10-29(11-9-18)22(31)19-14-20(17-6-4-3-5-7-17)36-21(19)28-24(27)33/h3-7,14,18H,8-13,15-16H2,1-2H3,(H3,27,28,33). The van der Waals surface area contributed by atoms with E-state index in [2.05, 4.69) is 10.2 Å². The number of benzene rings is 1. The summed E-state index contributed by atoms with van der Waals surface area (Å²) in [6.07, 6.45) is 2.15. The van der Waals surface area contributed by atoms with Crippen molar-refractivity contribution in [2.45, 2.75) is 50.4 Å². The second-order valence-corrected chi connectivity index (χ2v) is 11.4. The van der Waals surface area contributed by atoms with E-state index in [0.29, 0.717) is 43.2 Å². The van der Waals surface area contributed by atoms with Crippen molar-refractivity contribution in [3.63, 3.8) is 0 Å². The van der Waals surface area contributed by atoms with Crippen LogP contribution in [0, 0.1) is 0 Å². The fourth-order valence-electron chi connectivity index (χ4n) is 5.60. The number of esters is 1. The summed E-state index contributed by atoms with van der Waals surface area (Å²) >= 11 is 1.34. The van der Waals surface area contributed by atoms with Crippen molar-refractivity contribution in [3.05, 3.63) is 42.0 Å². The Bertz CT molecular complexity index is 1160. The highest BCUT2D eigenvalue weighted by Gasteiger charge is 2.56. The Morgan fingerprint density at radius 2 is 1.86 bits per heavy atom. The molecule has 3 N–H and O–H groups in total. The number of nitrogens with zero attached hydrogens (tertiary/aromatic N) is 2. The average Bonchev–Trinajstić information content (AvgIpc) is 3.36. The Labute approximate surface area is 214 Å². The van der Waals surface area contributed by atoms with Crippen LogP contribution in [0.4, 0.5) is 9.80 Å². The van der Waals surface area contributed by atoms with Crippen molar-refractivity contribution in [3.8, 4) is 10.4 Å². The Hall–Kier alpha value is -2.95. The molecule has 5 rings (SSSR count). The molecule has 10 heteroatoms. The van der Waals surface area contributed by atoms with Gasteiger partial charge in [0, 0.05) is 43.5 Å². The van der Waals surface area contributed by atoms with Gasteiger partial charge in [0.05, 0.1) is 12.2 Å². The van der Waals surface area contributed by atoms with Gasteiger partial charge in [0.25, 0.3) is 5.91 Å². The van der Waals surface area contributed by atoms with Crippen molar-refractivity contribution in [2.75, 3.05) is 38.1 Å². The Kier molecular flexibility index (Phi) is 6.52. The first-order valence-corrected chi connectivity index (χ1v) is 13.1. The van der Waals surface area contributed by atoms with Gasteiger partial charge in [-0.05, 0) is 38.3 Å². The number of hydrogen-bond donors (Lipinski definition) is 2. The number of nitrogens with one attached hydrogen (secondary N) is 1. The minimum atomic E-state index is -0.894. The second-order valence-electron chi connectivity index (χ2n) is 10.4. The SMILES string of the molecule is CC1(C)CC2(CN(C3CCN(C(=O)c4cc(-c5ccccc5)sc4NC(N)=O)CC3)CCO2)C(=O)O1. The number of urea groups is 1. The van der Waals surface area contributed by atoms with Gasteiger partial charge in [-0.3, -0.25) is 15.0 Å². The Morgan fingerprint density at radius 3 is 2.50 bits per heavy atom. The van der Waals surface area contributed by atoms with Gasteiger partial charge in [0.1, 0.15) is 10.6 Å². The number of cyclic esters (lactones) is 1. The molecule has 3 amide bonds. The number of carbonyl (C=O) groups excluding carboxylic acids is 3. The minimum Gasteiger partial charge on any atom is -0.457 e. The van der Waals surface area contributed by atoms with E-state index in [1.807, 2.05) is 55.1 Å². The molecule has 2 aromatic rings. The van der Waals surface area contributed by atoms with Crippen molar-refractivity contribution >= 4 is 34.2 Å². The largest absolute Gasteiger partial charge is 0.457 e. The lowest BCUT2D eigenvalue weighted by Gasteiger charge is -2.44. The van der Waals surface area contributed by atoms with Crippen molar-refractivity contribution in [1.82, 2.24) is 9.80 Å². The van der Waals surface area contributed by atoms with Crippen LogP contribution in [0.2, 0.25) is 0 Å². The summed E-state index contributed by atoms with van der Waals surface area (Å²) in [6, 6.07) is 11.1. The molecule has 0 radical (unpaired) electrons. The fraction of sp³-hybridized carbons (Fsp3) is 0.500. The number of ether oxygens (including phenoxy) is 2. The lowest BCUT2D eigenvalue weighted by atomic mass is 9.90. The lowest BCUT2D eigenvalue weighted by Crippen LogP contribution is -2.59. The van der Waals surface area contributed by atoms with Gasteiger partial charge in [-0.2, -0.15) is 0 Å². The molecule has 1 aromatic heterocycles. The van der Waals surface area contributed by atoms with Crippen molar-refractivity contribution in [1.29, 1.82) is 0 Å². The maximum absolute atomic E-state index is 13.5. The first-order chi connectivity index (χ1) is 17.2. The molecule has 3 saturated heterocycles. The van der Waals surface area contributed by atoms with E-state index in [4.69, 9.17) is 15.2 Å². The van der Waals surface area contributed by atoms with Crippen LogP contribution in [0.3, 0.4) is 0 Å². The molecule has 4 heterocycles. The van der Waals surface area contributed by atoms with Crippen molar-refractivity contribution in [2.24, 2.45) is 5.73 Å². The topological polar surface area (TPSA) is 114 Å². The number of morpholine rings is 1. The van der Waals surface area contributed by atoms with Gasteiger partial charge in [-0.15, -0.1) is 11.3 Å². The first-order valence-electron chi connectivity index (χ1n) is 12.3. The van der Waals surface area contributed by atoms with Crippen LogP contribution < -0.4 is 11.1 Å². The van der Waals surface area contributed by atoms with Gasteiger partial charge >= 0.3 is 12.0 Å². The zero-order valence-electron chi connectivity index (χ0n) is 20.6. The number of likely N-dealkylation sites (tertiary alicyclic amines) is 1. The molecule has 3 aliphatic rings. The molecule has 0 bridgehead atoms. The molecule has 0 saturated carbocycles. The Morgan fingerprint density at radius 1 is 1.14 bits per heavy atom. The maximum Gasteiger partial charge on any atom is 0.340 e. The van der Waals surface area contributed by atoms with Crippen LogP contribution in [0.1, 0.15) is 43.5 Å². The number of amides is 3. The number of hydrogen-bond acceptors (Lipinski definition) is 7. The highest BCUT2D eigenvalue weighted by atomic mass is 32.1. The molecule has 9 nitrogen and oxygen atoms in total. The summed E-state index contributed by atoms with van der Waals surface area (Å²) in [5, 5.41) is 3.09. The third-order valence-corrected chi connectivity index (χ3v) is 8.29. The molecule has 36 heavy (non-hydrogen) atoms. The Balaban J connectivity index is 1.26. The monoisotopic (exact) mass is 512 g/mol. The molecular formula is C26H32N4O5S. The summed E-state index contributed by atoms with van der Waals surface area (Å²) < 4.78 is 11.5. The molecule has 1 unspecified atom stereocenters. The fourth-order valence-corrected chi connectivity index (χ4v) is 6.66. The van der Waals surface area contributed by atoms with Gasteiger partial charge in [0.2, 0.25) is 0 Å². The average molecular weight is 513 g/mol. The number of nitrogens with two attached hydrogens (primary N) is 1. The van der Waals surface area contributed by atoms with Crippen LogP contribution in [0.25, 0.3) is 10.4 Å². The molecule has 1 aromatic carbocycles. The number of rotatable bonds is 4. The van der Waals surface area contributed by atoms with Crippen molar-refractivity contribution < 1.29 is 23.9 Å². The summed E-state index contributed by atoms with van der Waals surface area (Å²) in [4.78, 5) is 42.8. The maximum atomic E-state index is 13.5. The van der Waals surface area contributed by atoms with Crippen LogP contribution in [-0.4, -0.2) is 77.7 Å². The van der Waals surface area contributed by atoms with E-state index in [1.165, 1.54) is 11.3 Å². The van der Waals surface area contributed by atoms with Crippen LogP contribution in [0.15, 0.2) is 36.4 Å². The number of primary amides is 1. The third kappa shape index (κ3) is 4.85. The zero-order valence-corrected chi connectivity index (χ0v) is 21.4. The lowest BCUT2D eigenvalue weighted by molar-refractivity contribution is -0.172. The number of anilines is 1. The van der Waals surface area contributed by atoms with E-state index in [9.17, 15) is 14.4 Å². The molecule has 192 valence electrons. The predicted octanol–water partition coefficient (Wildman–Crippen LogP) is 3.31.